The maximum absolute atomic E-state index is 12.4. The molecule has 0 spiro atoms. The molecule has 0 saturated carbocycles. The highest BCUT2D eigenvalue weighted by Gasteiger charge is 2.19. The second kappa shape index (κ2) is 7.08. The van der Waals surface area contributed by atoms with Gasteiger partial charge in [0.1, 0.15) is 0 Å². The van der Waals surface area contributed by atoms with Crippen molar-refractivity contribution < 1.29 is 4.79 Å². The molecule has 0 aliphatic carbocycles. The predicted molar refractivity (Wildman–Crippen MR) is 84.0 cm³/mol. The molecule has 0 heterocycles. The first kappa shape index (κ1) is 16.2. The van der Waals surface area contributed by atoms with E-state index in [9.17, 15) is 4.79 Å². The molecule has 0 bridgehead atoms. The molecule has 3 nitrogen and oxygen atoms in total. The van der Waals surface area contributed by atoms with E-state index in [1.807, 2.05) is 13.8 Å². The number of hydrogen-bond acceptors (Lipinski definition) is 2. The zero-order chi connectivity index (χ0) is 14.6. The van der Waals surface area contributed by atoms with Crippen molar-refractivity contribution in [2.75, 3.05) is 6.54 Å². The van der Waals surface area contributed by atoms with Gasteiger partial charge < -0.3 is 10.6 Å². The Hall–Kier alpha value is -0.840. The molecule has 2 N–H and O–H groups in total. The van der Waals surface area contributed by atoms with Crippen molar-refractivity contribution in [2.24, 2.45) is 5.73 Å². The second-order valence-electron chi connectivity index (χ2n) is 4.44. The van der Waals surface area contributed by atoms with Gasteiger partial charge in [-0.25, -0.2) is 0 Å². The van der Waals surface area contributed by atoms with E-state index in [2.05, 4.69) is 0 Å². The summed E-state index contributed by atoms with van der Waals surface area (Å²) < 4.78 is 0. The van der Waals surface area contributed by atoms with Gasteiger partial charge in [0.05, 0.1) is 15.0 Å². The maximum Gasteiger partial charge on any atom is 0.254 e. The highest BCUT2D eigenvalue weighted by atomic mass is 35.5. The lowest BCUT2D eigenvalue weighted by Gasteiger charge is -2.26. The van der Waals surface area contributed by atoms with Gasteiger partial charge in [-0.3, -0.25) is 4.79 Å². The van der Waals surface area contributed by atoms with Crippen molar-refractivity contribution in [1.29, 1.82) is 0 Å². The molecule has 1 aromatic carbocycles. The van der Waals surface area contributed by atoms with Gasteiger partial charge >= 0.3 is 0 Å². The molecule has 0 fully saturated rings. The van der Waals surface area contributed by atoms with Crippen molar-refractivity contribution in [3.05, 3.63) is 33.8 Å². The summed E-state index contributed by atoms with van der Waals surface area (Å²) in [5, 5.41) is 0.794. The van der Waals surface area contributed by atoms with Gasteiger partial charge in [-0.05, 0) is 32.0 Å². The molecular weight excluding hydrogens is 303 g/mol. The molecular formula is C13H16Cl2N2OS. The number of carbonyl (C=O) groups excluding carboxylic acids is 1. The first-order valence-electron chi connectivity index (χ1n) is 5.87. The summed E-state index contributed by atoms with van der Waals surface area (Å²) in [5.41, 5.74) is 5.98. The number of thiocarbonyl (C=S) groups is 1. The summed E-state index contributed by atoms with van der Waals surface area (Å²) in [4.78, 5) is 14.5. The van der Waals surface area contributed by atoms with Crippen LogP contribution in [0.15, 0.2) is 18.2 Å². The summed E-state index contributed by atoms with van der Waals surface area (Å²) in [5.74, 6) is -0.107. The summed E-state index contributed by atoms with van der Waals surface area (Å²) in [7, 11) is 0. The van der Waals surface area contributed by atoms with Crippen LogP contribution in [-0.2, 0) is 0 Å². The topological polar surface area (TPSA) is 46.3 Å². The minimum absolute atomic E-state index is 0.0521. The number of amides is 1. The van der Waals surface area contributed by atoms with Gasteiger partial charge in [-0.1, -0.05) is 35.4 Å². The van der Waals surface area contributed by atoms with Crippen molar-refractivity contribution in [2.45, 2.75) is 26.3 Å². The van der Waals surface area contributed by atoms with Crippen molar-refractivity contribution in [3.63, 3.8) is 0 Å². The van der Waals surface area contributed by atoms with Gasteiger partial charge in [0.2, 0.25) is 0 Å². The standard InChI is InChI=1S/C13H16Cl2N2OS/c1-8(2)17(6-5-12(16)19)13(18)9-3-4-10(14)11(15)7-9/h3-4,7-8H,5-6H2,1-2H3,(H2,16,19). The molecule has 0 saturated heterocycles. The molecule has 1 rings (SSSR count). The van der Waals surface area contributed by atoms with Crippen molar-refractivity contribution in [3.8, 4) is 0 Å². The average Bonchev–Trinajstić information content (AvgIpc) is 2.31. The van der Waals surface area contributed by atoms with Gasteiger partial charge in [0, 0.05) is 24.6 Å². The third-order valence-corrected chi connectivity index (χ3v) is 3.59. The van der Waals surface area contributed by atoms with E-state index in [4.69, 9.17) is 41.2 Å². The van der Waals surface area contributed by atoms with Crippen molar-refractivity contribution >= 4 is 46.3 Å². The summed E-state index contributed by atoms with van der Waals surface area (Å²) in [6.45, 7) is 4.37. The van der Waals surface area contributed by atoms with Crippen LogP contribution in [0.3, 0.4) is 0 Å². The Labute approximate surface area is 128 Å². The second-order valence-corrected chi connectivity index (χ2v) is 5.78. The molecule has 0 aliphatic rings. The number of nitrogens with zero attached hydrogens (tertiary/aromatic N) is 1. The number of carbonyl (C=O) groups is 1. The Bertz CT molecular complexity index is 492. The average molecular weight is 319 g/mol. The molecule has 0 atom stereocenters. The number of nitrogens with two attached hydrogens (primary N) is 1. The van der Waals surface area contributed by atoms with Crippen molar-refractivity contribution in [1.82, 2.24) is 4.90 Å². The first-order valence-corrected chi connectivity index (χ1v) is 7.03. The van der Waals surface area contributed by atoms with E-state index in [1.54, 1.807) is 23.1 Å². The summed E-state index contributed by atoms with van der Waals surface area (Å²) in [6.07, 6.45) is 0.501. The summed E-state index contributed by atoms with van der Waals surface area (Å²) >= 11 is 16.6. The van der Waals surface area contributed by atoms with Crippen LogP contribution < -0.4 is 5.73 Å². The molecule has 19 heavy (non-hydrogen) atoms. The van der Waals surface area contributed by atoms with E-state index >= 15 is 0 Å². The van der Waals surface area contributed by atoms with E-state index in [0.717, 1.165) is 0 Å². The zero-order valence-corrected chi connectivity index (χ0v) is 13.1. The molecule has 1 amide bonds. The van der Waals surface area contributed by atoms with Gasteiger partial charge in [-0.2, -0.15) is 0 Å². The Morgan fingerprint density at radius 3 is 2.47 bits per heavy atom. The van der Waals surface area contributed by atoms with Crippen LogP contribution in [-0.4, -0.2) is 28.4 Å². The minimum atomic E-state index is -0.107. The quantitative estimate of drug-likeness (QED) is 0.845. The fourth-order valence-electron chi connectivity index (χ4n) is 1.62. The highest BCUT2D eigenvalue weighted by Crippen LogP contribution is 2.23. The highest BCUT2D eigenvalue weighted by molar-refractivity contribution is 7.80. The molecule has 6 heteroatoms. The molecule has 0 aromatic heterocycles. The van der Waals surface area contributed by atoms with Crippen LogP contribution >= 0.6 is 35.4 Å². The SMILES string of the molecule is CC(C)N(CCC(N)=S)C(=O)c1ccc(Cl)c(Cl)c1. The zero-order valence-electron chi connectivity index (χ0n) is 10.8. The molecule has 0 aliphatic heterocycles. The number of halogens is 2. The molecule has 1 aromatic rings. The fourth-order valence-corrected chi connectivity index (χ4v) is 2.01. The Kier molecular flexibility index (Phi) is 6.04. The lowest BCUT2D eigenvalue weighted by atomic mass is 10.1. The number of rotatable bonds is 5. The molecule has 0 unspecified atom stereocenters. The first-order chi connectivity index (χ1) is 8.82. The largest absolute Gasteiger partial charge is 0.393 e. The van der Waals surface area contributed by atoms with Gasteiger partial charge in [-0.15, -0.1) is 0 Å². The third kappa shape index (κ3) is 4.64. The maximum atomic E-state index is 12.4. The lowest BCUT2D eigenvalue weighted by molar-refractivity contribution is 0.0711. The monoisotopic (exact) mass is 318 g/mol. The van der Waals surface area contributed by atoms with Crippen LogP contribution in [0.2, 0.25) is 10.0 Å². The van der Waals surface area contributed by atoms with E-state index < -0.39 is 0 Å². The molecule has 0 radical (unpaired) electrons. The van der Waals surface area contributed by atoms with E-state index in [1.165, 1.54) is 0 Å². The normalized spacial score (nSPS) is 10.6. The smallest absolute Gasteiger partial charge is 0.254 e. The summed E-state index contributed by atoms with van der Waals surface area (Å²) in [6, 6.07) is 4.90. The molecule has 104 valence electrons. The van der Waals surface area contributed by atoms with Crippen LogP contribution in [0, 0.1) is 0 Å². The fraction of sp³-hybridized carbons (Fsp3) is 0.385. The predicted octanol–water partition coefficient (Wildman–Crippen LogP) is 3.52. The van der Waals surface area contributed by atoms with Crippen LogP contribution in [0.1, 0.15) is 30.6 Å². The Balaban J connectivity index is 2.92. The van der Waals surface area contributed by atoms with E-state index in [0.29, 0.717) is 33.6 Å². The Morgan fingerprint density at radius 2 is 2.00 bits per heavy atom. The van der Waals surface area contributed by atoms with Crippen LogP contribution in [0.4, 0.5) is 0 Å². The third-order valence-electron chi connectivity index (χ3n) is 2.65. The minimum Gasteiger partial charge on any atom is -0.393 e. The van der Waals surface area contributed by atoms with Crippen LogP contribution in [0.25, 0.3) is 0 Å². The number of benzene rings is 1. The van der Waals surface area contributed by atoms with E-state index in [-0.39, 0.29) is 11.9 Å². The lowest BCUT2D eigenvalue weighted by Crippen LogP contribution is -2.39. The Morgan fingerprint density at radius 1 is 1.37 bits per heavy atom. The van der Waals surface area contributed by atoms with Gasteiger partial charge in [0.25, 0.3) is 5.91 Å². The number of hydrogen-bond donors (Lipinski definition) is 1. The van der Waals surface area contributed by atoms with Crippen LogP contribution in [0.5, 0.6) is 0 Å². The van der Waals surface area contributed by atoms with Gasteiger partial charge in [0.15, 0.2) is 0 Å².